The second kappa shape index (κ2) is 7.73. The summed E-state index contributed by atoms with van der Waals surface area (Å²) in [6.07, 6.45) is 1.89. The van der Waals surface area contributed by atoms with Crippen LogP contribution in [0.5, 0.6) is 11.6 Å². The first kappa shape index (κ1) is 20.4. The zero-order chi connectivity index (χ0) is 21.5. The fourth-order valence-electron chi connectivity index (χ4n) is 3.85. The van der Waals surface area contributed by atoms with Gasteiger partial charge in [-0.25, -0.2) is 4.98 Å². The van der Waals surface area contributed by atoms with E-state index in [1.54, 1.807) is 24.4 Å². The zero-order valence-corrected chi connectivity index (χ0v) is 16.9. The first-order valence-electron chi connectivity index (χ1n) is 9.89. The Hall–Kier alpha value is -2.91. The van der Waals surface area contributed by atoms with Crippen molar-refractivity contribution in [1.82, 2.24) is 10.3 Å². The molecule has 0 bridgehead atoms. The van der Waals surface area contributed by atoms with Crippen LogP contribution in [-0.4, -0.2) is 59.5 Å². The molecule has 2 aliphatic heterocycles. The summed E-state index contributed by atoms with van der Waals surface area (Å²) in [4.78, 5) is 28.4. The SMILES string of the molecule is CC(C)Oc1cc2c(OC[C@@H]3C[C@@H](C4(O)COC4)C(=O)N3)nccc2cc1C(N)=O. The second-order valence-electron chi connectivity index (χ2n) is 8.12. The highest BCUT2D eigenvalue weighted by atomic mass is 16.5. The van der Waals surface area contributed by atoms with Crippen molar-refractivity contribution in [2.24, 2.45) is 11.7 Å². The predicted molar refractivity (Wildman–Crippen MR) is 107 cm³/mol. The molecule has 160 valence electrons. The molecule has 9 heteroatoms. The van der Waals surface area contributed by atoms with Gasteiger partial charge in [-0.1, -0.05) is 0 Å². The number of carbonyl (C=O) groups is 2. The van der Waals surface area contributed by atoms with Crippen LogP contribution in [0.4, 0.5) is 0 Å². The van der Waals surface area contributed by atoms with Crippen molar-refractivity contribution < 1.29 is 28.9 Å². The lowest BCUT2D eigenvalue weighted by atomic mass is 9.83. The maximum Gasteiger partial charge on any atom is 0.252 e. The van der Waals surface area contributed by atoms with E-state index in [2.05, 4.69) is 10.3 Å². The molecule has 1 aromatic heterocycles. The van der Waals surface area contributed by atoms with Gasteiger partial charge in [0.1, 0.15) is 18.0 Å². The number of aromatic nitrogens is 1. The Morgan fingerprint density at radius 3 is 2.83 bits per heavy atom. The number of hydrogen-bond acceptors (Lipinski definition) is 7. The van der Waals surface area contributed by atoms with Crippen LogP contribution in [0.2, 0.25) is 0 Å². The van der Waals surface area contributed by atoms with Crippen LogP contribution in [0.3, 0.4) is 0 Å². The van der Waals surface area contributed by atoms with Crippen LogP contribution < -0.4 is 20.5 Å². The second-order valence-corrected chi connectivity index (χ2v) is 8.12. The molecule has 9 nitrogen and oxygen atoms in total. The Morgan fingerprint density at radius 1 is 1.43 bits per heavy atom. The minimum Gasteiger partial charge on any atom is -0.490 e. The maximum absolute atomic E-state index is 12.2. The first-order chi connectivity index (χ1) is 14.3. The Labute approximate surface area is 173 Å². The lowest BCUT2D eigenvalue weighted by Gasteiger charge is -2.39. The number of amides is 2. The number of fused-ring (bicyclic) bond motifs is 1. The van der Waals surface area contributed by atoms with E-state index in [4.69, 9.17) is 19.9 Å². The van der Waals surface area contributed by atoms with Crippen molar-refractivity contribution in [1.29, 1.82) is 0 Å². The average molecular weight is 415 g/mol. The molecule has 2 aliphatic rings. The smallest absolute Gasteiger partial charge is 0.252 e. The normalized spacial score (nSPS) is 22.6. The van der Waals surface area contributed by atoms with Crippen molar-refractivity contribution in [3.63, 3.8) is 0 Å². The fraction of sp³-hybridized carbons (Fsp3) is 0.476. The van der Waals surface area contributed by atoms with Gasteiger partial charge in [-0.3, -0.25) is 9.59 Å². The monoisotopic (exact) mass is 415 g/mol. The number of nitrogens with zero attached hydrogens (tertiary/aromatic N) is 1. The van der Waals surface area contributed by atoms with Crippen LogP contribution in [0.1, 0.15) is 30.6 Å². The number of benzene rings is 1. The third-order valence-electron chi connectivity index (χ3n) is 5.41. The Balaban J connectivity index is 1.54. The quantitative estimate of drug-likeness (QED) is 0.608. The summed E-state index contributed by atoms with van der Waals surface area (Å²) in [7, 11) is 0. The van der Waals surface area contributed by atoms with Crippen molar-refractivity contribution in [2.75, 3.05) is 19.8 Å². The fourth-order valence-corrected chi connectivity index (χ4v) is 3.85. The number of nitrogens with one attached hydrogen (secondary N) is 1. The summed E-state index contributed by atoms with van der Waals surface area (Å²) in [6, 6.07) is 4.86. The summed E-state index contributed by atoms with van der Waals surface area (Å²) in [5.41, 5.74) is 4.70. The van der Waals surface area contributed by atoms with Gasteiger partial charge in [0.05, 0.1) is 36.8 Å². The summed E-state index contributed by atoms with van der Waals surface area (Å²) < 4.78 is 16.7. The number of aliphatic hydroxyl groups is 1. The molecule has 0 saturated carbocycles. The molecule has 2 amide bonds. The van der Waals surface area contributed by atoms with E-state index in [9.17, 15) is 14.7 Å². The average Bonchev–Trinajstić information content (AvgIpc) is 3.04. The number of nitrogens with two attached hydrogens (primary N) is 1. The van der Waals surface area contributed by atoms with Gasteiger partial charge < -0.3 is 30.4 Å². The van der Waals surface area contributed by atoms with Gasteiger partial charge in [-0.2, -0.15) is 0 Å². The number of ether oxygens (including phenoxy) is 3. The molecule has 4 rings (SSSR count). The van der Waals surface area contributed by atoms with Crippen LogP contribution in [0, 0.1) is 5.92 Å². The first-order valence-corrected chi connectivity index (χ1v) is 9.89. The van der Waals surface area contributed by atoms with Crippen LogP contribution in [0.25, 0.3) is 10.8 Å². The third-order valence-corrected chi connectivity index (χ3v) is 5.41. The molecule has 0 spiro atoms. The van der Waals surface area contributed by atoms with Gasteiger partial charge in [-0.15, -0.1) is 0 Å². The number of carbonyl (C=O) groups excluding carboxylic acids is 2. The molecule has 0 aliphatic carbocycles. The van der Waals surface area contributed by atoms with Crippen LogP contribution >= 0.6 is 0 Å². The summed E-state index contributed by atoms with van der Waals surface area (Å²) in [5.74, 6) is -0.558. The van der Waals surface area contributed by atoms with E-state index >= 15 is 0 Å². The number of rotatable bonds is 7. The molecule has 2 atom stereocenters. The Morgan fingerprint density at radius 2 is 2.20 bits per heavy atom. The number of primary amides is 1. The van der Waals surface area contributed by atoms with E-state index in [0.29, 0.717) is 23.4 Å². The molecule has 2 aromatic rings. The van der Waals surface area contributed by atoms with Crippen molar-refractivity contribution in [3.8, 4) is 11.6 Å². The molecule has 2 fully saturated rings. The van der Waals surface area contributed by atoms with Gasteiger partial charge in [-0.05, 0) is 43.9 Å². The van der Waals surface area contributed by atoms with Crippen molar-refractivity contribution in [2.45, 2.75) is 38.0 Å². The van der Waals surface area contributed by atoms with E-state index in [1.165, 1.54) is 0 Å². The van der Waals surface area contributed by atoms with Gasteiger partial charge in [0, 0.05) is 11.6 Å². The number of pyridine rings is 1. The molecule has 30 heavy (non-hydrogen) atoms. The highest BCUT2D eigenvalue weighted by Gasteiger charge is 2.51. The van der Waals surface area contributed by atoms with Gasteiger partial charge in [0.25, 0.3) is 5.91 Å². The van der Waals surface area contributed by atoms with E-state index in [-0.39, 0.29) is 43.4 Å². The van der Waals surface area contributed by atoms with Crippen molar-refractivity contribution in [3.05, 3.63) is 30.0 Å². The number of hydrogen-bond donors (Lipinski definition) is 3. The third kappa shape index (κ3) is 3.78. The molecule has 2 saturated heterocycles. The van der Waals surface area contributed by atoms with Gasteiger partial charge >= 0.3 is 0 Å². The Bertz CT molecular complexity index is 988. The highest BCUT2D eigenvalue weighted by molar-refractivity contribution is 6.01. The van der Waals surface area contributed by atoms with E-state index in [1.807, 2.05) is 13.8 Å². The zero-order valence-electron chi connectivity index (χ0n) is 16.9. The molecule has 3 heterocycles. The standard InChI is InChI=1S/C21H25N3O6/c1-11(2)30-17-7-14-12(5-15(17)18(22)25)3-4-23-20(14)29-8-13-6-16(19(26)24-13)21(27)9-28-10-21/h3-5,7,11,13,16,27H,6,8-10H2,1-2H3,(H2,22,25)(H,24,26)/t13-,16+/m0/s1. The molecular weight excluding hydrogens is 390 g/mol. The minimum absolute atomic E-state index is 0.145. The molecular formula is C21H25N3O6. The lowest BCUT2D eigenvalue weighted by molar-refractivity contribution is -0.205. The topological polar surface area (TPSA) is 133 Å². The summed E-state index contributed by atoms with van der Waals surface area (Å²) in [6.45, 7) is 4.25. The van der Waals surface area contributed by atoms with Crippen LogP contribution in [-0.2, 0) is 9.53 Å². The molecule has 1 aromatic carbocycles. The van der Waals surface area contributed by atoms with Gasteiger partial charge in [0.15, 0.2) is 0 Å². The summed E-state index contributed by atoms with van der Waals surface area (Å²) >= 11 is 0. The Kier molecular flexibility index (Phi) is 5.25. The maximum atomic E-state index is 12.2. The van der Waals surface area contributed by atoms with E-state index < -0.39 is 17.4 Å². The van der Waals surface area contributed by atoms with Crippen molar-refractivity contribution >= 4 is 22.6 Å². The van der Waals surface area contributed by atoms with E-state index in [0.717, 1.165) is 5.39 Å². The predicted octanol–water partition coefficient (Wildman–Crippen LogP) is 0.766. The highest BCUT2D eigenvalue weighted by Crippen LogP contribution is 2.34. The van der Waals surface area contributed by atoms with Gasteiger partial charge in [0.2, 0.25) is 11.8 Å². The minimum atomic E-state index is -1.09. The molecule has 4 N–H and O–H groups in total. The largest absolute Gasteiger partial charge is 0.490 e. The molecule has 0 unspecified atom stereocenters. The molecule has 0 radical (unpaired) electrons. The summed E-state index contributed by atoms with van der Waals surface area (Å²) in [5, 5.41) is 14.7. The van der Waals surface area contributed by atoms with Crippen LogP contribution in [0.15, 0.2) is 24.4 Å². The lowest BCUT2D eigenvalue weighted by Crippen LogP contribution is -2.57.